The summed E-state index contributed by atoms with van der Waals surface area (Å²) in [5, 5.41) is 12.3. The number of carbonyl (C=O) groups is 1. The standard InChI is InChI=1S/C20H33N3O2/c1-16(2)13-18(15-24)21-20(25)7-8-22-9-11-23(12-10-22)19-6-4-5-17(3)14-19/h4-6,14,16,18,24H,7-13,15H2,1-3H3,(H,21,25). The molecule has 0 saturated carbocycles. The number of nitrogens with one attached hydrogen (secondary N) is 1. The van der Waals surface area contributed by atoms with Gasteiger partial charge in [0, 0.05) is 44.8 Å². The van der Waals surface area contributed by atoms with Crippen molar-refractivity contribution >= 4 is 11.6 Å². The van der Waals surface area contributed by atoms with Crippen LogP contribution in [0.2, 0.25) is 0 Å². The highest BCUT2D eigenvalue weighted by molar-refractivity contribution is 5.76. The van der Waals surface area contributed by atoms with Gasteiger partial charge >= 0.3 is 0 Å². The lowest BCUT2D eigenvalue weighted by atomic mass is 10.0. The lowest BCUT2D eigenvalue weighted by molar-refractivity contribution is -0.122. The van der Waals surface area contributed by atoms with Gasteiger partial charge in [0.25, 0.3) is 0 Å². The fourth-order valence-corrected chi connectivity index (χ4v) is 3.36. The molecule has 1 saturated heterocycles. The van der Waals surface area contributed by atoms with Crippen LogP contribution < -0.4 is 10.2 Å². The summed E-state index contributed by atoms with van der Waals surface area (Å²) in [7, 11) is 0. The molecule has 0 aromatic heterocycles. The van der Waals surface area contributed by atoms with Gasteiger partial charge in [-0.3, -0.25) is 9.69 Å². The van der Waals surface area contributed by atoms with E-state index in [9.17, 15) is 9.90 Å². The average Bonchev–Trinajstić information content (AvgIpc) is 2.59. The van der Waals surface area contributed by atoms with E-state index in [1.165, 1.54) is 11.3 Å². The van der Waals surface area contributed by atoms with E-state index < -0.39 is 0 Å². The normalized spacial score (nSPS) is 16.9. The Bertz CT molecular complexity index is 539. The number of amides is 1. The minimum Gasteiger partial charge on any atom is -0.394 e. The van der Waals surface area contributed by atoms with Gasteiger partial charge in [0.05, 0.1) is 12.6 Å². The molecule has 2 N–H and O–H groups in total. The van der Waals surface area contributed by atoms with E-state index in [4.69, 9.17) is 0 Å². The maximum Gasteiger partial charge on any atom is 0.221 e. The summed E-state index contributed by atoms with van der Waals surface area (Å²) < 4.78 is 0. The number of aliphatic hydroxyl groups is 1. The van der Waals surface area contributed by atoms with Crippen molar-refractivity contribution in [2.45, 2.75) is 39.7 Å². The van der Waals surface area contributed by atoms with E-state index in [0.717, 1.165) is 39.1 Å². The van der Waals surface area contributed by atoms with Crippen molar-refractivity contribution in [3.05, 3.63) is 29.8 Å². The van der Waals surface area contributed by atoms with E-state index >= 15 is 0 Å². The molecule has 1 fully saturated rings. The third kappa shape index (κ3) is 6.67. The van der Waals surface area contributed by atoms with Crippen LogP contribution in [-0.4, -0.2) is 61.3 Å². The van der Waals surface area contributed by atoms with Gasteiger partial charge in [0.2, 0.25) is 5.91 Å². The predicted molar refractivity (Wildman–Crippen MR) is 103 cm³/mol. The minimum atomic E-state index is -0.120. The first-order chi connectivity index (χ1) is 12.0. The smallest absolute Gasteiger partial charge is 0.221 e. The summed E-state index contributed by atoms with van der Waals surface area (Å²) in [5.74, 6) is 0.507. The predicted octanol–water partition coefficient (Wildman–Crippen LogP) is 2.03. The van der Waals surface area contributed by atoms with E-state index in [2.05, 4.69) is 60.2 Å². The number of anilines is 1. The zero-order chi connectivity index (χ0) is 18.2. The van der Waals surface area contributed by atoms with Crippen molar-refractivity contribution in [2.75, 3.05) is 44.2 Å². The molecule has 2 rings (SSSR count). The first-order valence-electron chi connectivity index (χ1n) is 9.42. The Morgan fingerprint density at radius 3 is 2.56 bits per heavy atom. The Balaban J connectivity index is 1.70. The Morgan fingerprint density at radius 2 is 1.96 bits per heavy atom. The molecular weight excluding hydrogens is 314 g/mol. The summed E-state index contributed by atoms with van der Waals surface area (Å²) in [5.41, 5.74) is 2.58. The van der Waals surface area contributed by atoms with Gasteiger partial charge in [0.15, 0.2) is 0 Å². The zero-order valence-corrected chi connectivity index (χ0v) is 15.9. The summed E-state index contributed by atoms with van der Waals surface area (Å²) in [6.45, 7) is 11.1. The van der Waals surface area contributed by atoms with Crippen molar-refractivity contribution in [2.24, 2.45) is 5.92 Å². The fraction of sp³-hybridized carbons (Fsp3) is 0.650. The monoisotopic (exact) mass is 347 g/mol. The van der Waals surface area contributed by atoms with E-state index in [0.29, 0.717) is 12.3 Å². The van der Waals surface area contributed by atoms with Gasteiger partial charge in [-0.15, -0.1) is 0 Å². The highest BCUT2D eigenvalue weighted by atomic mass is 16.3. The lowest BCUT2D eigenvalue weighted by Crippen LogP contribution is -2.47. The quantitative estimate of drug-likeness (QED) is 0.755. The Morgan fingerprint density at radius 1 is 1.24 bits per heavy atom. The first-order valence-corrected chi connectivity index (χ1v) is 9.42. The number of aliphatic hydroxyl groups excluding tert-OH is 1. The Labute approximate surface area is 152 Å². The maximum atomic E-state index is 12.1. The van der Waals surface area contributed by atoms with Gasteiger partial charge in [-0.1, -0.05) is 26.0 Å². The van der Waals surface area contributed by atoms with Crippen molar-refractivity contribution in [3.63, 3.8) is 0 Å². The molecule has 1 unspecified atom stereocenters. The van der Waals surface area contributed by atoms with Crippen LogP contribution in [0.4, 0.5) is 5.69 Å². The second-order valence-corrected chi connectivity index (χ2v) is 7.49. The second-order valence-electron chi connectivity index (χ2n) is 7.49. The summed E-state index contributed by atoms with van der Waals surface area (Å²) in [6, 6.07) is 8.51. The summed E-state index contributed by atoms with van der Waals surface area (Å²) >= 11 is 0. The maximum absolute atomic E-state index is 12.1. The zero-order valence-electron chi connectivity index (χ0n) is 15.9. The molecular formula is C20H33N3O2. The molecule has 25 heavy (non-hydrogen) atoms. The molecule has 0 bridgehead atoms. The van der Waals surface area contributed by atoms with Gasteiger partial charge in [-0.2, -0.15) is 0 Å². The topological polar surface area (TPSA) is 55.8 Å². The molecule has 1 aliphatic heterocycles. The highest BCUT2D eigenvalue weighted by Crippen LogP contribution is 2.17. The number of rotatable bonds is 8. The van der Waals surface area contributed by atoms with Crippen molar-refractivity contribution in [3.8, 4) is 0 Å². The van der Waals surface area contributed by atoms with Crippen LogP contribution in [0.25, 0.3) is 0 Å². The SMILES string of the molecule is Cc1cccc(N2CCN(CCC(=O)NC(CO)CC(C)C)CC2)c1. The molecule has 1 aromatic carbocycles. The number of hydrogen-bond acceptors (Lipinski definition) is 4. The third-order valence-corrected chi connectivity index (χ3v) is 4.74. The van der Waals surface area contributed by atoms with E-state index in [-0.39, 0.29) is 18.6 Å². The van der Waals surface area contributed by atoms with Gasteiger partial charge in [-0.25, -0.2) is 0 Å². The summed E-state index contributed by atoms with van der Waals surface area (Å²) in [6.07, 6.45) is 1.32. The number of hydrogen-bond donors (Lipinski definition) is 2. The number of nitrogens with zero attached hydrogens (tertiary/aromatic N) is 2. The van der Waals surface area contributed by atoms with Gasteiger partial charge in [-0.05, 0) is 37.0 Å². The van der Waals surface area contributed by atoms with E-state index in [1.54, 1.807) is 0 Å². The molecule has 5 heteroatoms. The largest absolute Gasteiger partial charge is 0.394 e. The first kappa shape index (κ1) is 19.7. The van der Waals surface area contributed by atoms with Crippen molar-refractivity contribution in [1.82, 2.24) is 10.2 Å². The Hall–Kier alpha value is -1.59. The van der Waals surface area contributed by atoms with Crippen molar-refractivity contribution in [1.29, 1.82) is 0 Å². The molecule has 1 aromatic rings. The summed E-state index contributed by atoms with van der Waals surface area (Å²) in [4.78, 5) is 16.9. The molecule has 5 nitrogen and oxygen atoms in total. The lowest BCUT2D eigenvalue weighted by Gasteiger charge is -2.36. The van der Waals surface area contributed by atoms with Crippen LogP contribution in [0.5, 0.6) is 0 Å². The molecule has 0 radical (unpaired) electrons. The number of aryl methyl sites for hydroxylation is 1. The average molecular weight is 348 g/mol. The van der Waals surface area contributed by atoms with Gasteiger partial charge in [0.1, 0.15) is 0 Å². The molecule has 1 aliphatic rings. The van der Waals surface area contributed by atoms with E-state index in [1.807, 2.05) is 0 Å². The van der Waals surface area contributed by atoms with Crippen LogP contribution >= 0.6 is 0 Å². The fourth-order valence-electron chi connectivity index (χ4n) is 3.36. The Kier molecular flexibility index (Phi) is 7.72. The van der Waals surface area contributed by atoms with Crippen molar-refractivity contribution < 1.29 is 9.90 Å². The molecule has 0 aliphatic carbocycles. The van der Waals surface area contributed by atoms with Gasteiger partial charge < -0.3 is 15.3 Å². The molecule has 140 valence electrons. The number of benzene rings is 1. The second kappa shape index (κ2) is 9.78. The number of carbonyl (C=O) groups excluding carboxylic acids is 1. The third-order valence-electron chi connectivity index (χ3n) is 4.74. The molecule has 0 spiro atoms. The molecule has 1 amide bonds. The molecule has 1 atom stereocenters. The highest BCUT2D eigenvalue weighted by Gasteiger charge is 2.19. The van der Waals surface area contributed by atoms with Crippen LogP contribution in [0.1, 0.15) is 32.3 Å². The number of piperazine rings is 1. The van der Waals surface area contributed by atoms with Crippen LogP contribution in [0.15, 0.2) is 24.3 Å². The van der Waals surface area contributed by atoms with Crippen LogP contribution in [-0.2, 0) is 4.79 Å². The van der Waals surface area contributed by atoms with Crippen LogP contribution in [0.3, 0.4) is 0 Å². The van der Waals surface area contributed by atoms with Crippen LogP contribution in [0, 0.1) is 12.8 Å². The minimum absolute atomic E-state index is 0.0130. The molecule has 1 heterocycles.